The van der Waals surface area contributed by atoms with E-state index in [0.29, 0.717) is 0 Å². The van der Waals surface area contributed by atoms with Gasteiger partial charge in [-0.2, -0.15) is 0 Å². The molecule has 0 aliphatic heterocycles. The van der Waals surface area contributed by atoms with Gasteiger partial charge in [0.1, 0.15) is 11.5 Å². The molecule has 0 heterocycles. The molecule has 1 rings (SSSR count). The Labute approximate surface area is 109 Å². The standard InChI is InChI=1S/C14H23NO3/c1-5-11(9-16)8-15-14-10(2)6-12(17-3)7-13(14)18-4/h6-7,11,15-16H,5,8-9H2,1-4H3. The molecule has 4 heteroatoms. The van der Waals surface area contributed by atoms with Crippen LogP contribution in [0.25, 0.3) is 0 Å². The first kappa shape index (κ1) is 14.6. The number of nitrogens with one attached hydrogen (secondary N) is 1. The molecule has 0 aliphatic rings. The Morgan fingerprint density at radius 2 is 2.00 bits per heavy atom. The minimum atomic E-state index is 0.195. The van der Waals surface area contributed by atoms with Crippen molar-refractivity contribution in [2.45, 2.75) is 20.3 Å². The van der Waals surface area contributed by atoms with Crippen LogP contribution in [0, 0.1) is 12.8 Å². The molecule has 0 bridgehead atoms. The quantitative estimate of drug-likeness (QED) is 0.783. The van der Waals surface area contributed by atoms with Gasteiger partial charge in [0, 0.05) is 19.2 Å². The van der Waals surface area contributed by atoms with E-state index < -0.39 is 0 Å². The number of aliphatic hydroxyl groups is 1. The second-order valence-electron chi connectivity index (χ2n) is 4.36. The first-order valence-electron chi connectivity index (χ1n) is 6.23. The Bertz CT molecular complexity index is 376. The molecule has 4 nitrogen and oxygen atoms in total. The molecule has 0 aliphatic carbocycles. The third-order valence-corrected chi connectivity index (χ3v) is 3.13. The van der Waals surface area contributed by atoms with Gasteiger partial charge in [-0.05, 0) is 30.9 Å². The Morgan fingerprint density at radius 1 is 1.28 bits per heavy atom. The van der Waals surface area contributed by atoms with Crippen molar-refractivity contribution in [3.05, 3.63) is 17.7 Å². The first-order chi connectivity index (χ1) is 8.65. The second kappa shape index (κ2) is 7.11. The lowest BCUT2D eigenvalue weighted by atomic mass is 10.1. The highest BCUT2D eigenvalue weighted by molar-refractivity contribution is 5.64. The summed E-state index contributed by atoms with van der Waals surface area (Å²) in [5, 5.41) is 12.5. The lowest BCUT2D eigenvalue weighted by Gasteiger charge is -2.18. The molecule has 0 saturated heterocycles. The minimum absolute atomic E-state index is 0.195. The van der Waals surface area contributed by atoms with Crippen molar-refractivity contribution >= 4 is 5.69 Å². The largest absolute Gasteiger partial charge is 0.497 e. The number of benzene rings is 1. The van der Waals surface area contributed by atoms with Gasteiger partial charge in [0.15, 0.2) is 0 Å². The highest BCUT2D eigenvalue weighted by atomic mass is 16.5. The molecular weight excluding hydrogens is 230 g/mol. The molecule has 0 amide bonds. The van der Waals surface area contributed by atoms with Crippen LogP contribution in [0.2, 0.25) is 0 Å². The van der Waals surface area contributed by atoms with Crippen LogP contribution < -0.4 is 14.8 Å². The molecule has 0 aromatic heterocycles. The van der Waals surface area contributed by atoms with Crippen LogP contribution in [0.5, 0.6) is 11.5 Å². The summed E-state index contributed by atoms with van der Waals surface area (Å²) in [4.78, 5) is 0. The van der Waals surface area contributed by atoms with Crippen LogP contribution in [0.1, 0.15) is 18.9 Å². The van der Waals surface area contributed by atoms with Crippen molar-refractivity contribution in [3.8, 4) is 11.5 Å². The van der Waals surface area contributed by atoms with Crippen molar-refractivity contribution in [2.24, 2.45) is 5.92 Å². The molecule has 1 atom stereocenters. The number of hydrogen-bond acceptors (Lipinski definition) is 4. The van der Waals surface area contributed by atoms with E-state index >= 15 is 0 Å². The lowest BCUT2D eigenvalue weighted by molar-refractivity contribution is 0.230. The summed E-state index contributed by atoms with van der Waals surface area (Å²) >= 11 is 0. The van der Waals surface area contributed by atoms with E-state index in [0.717, 1.165) is 35.7 Å². The minimum Gasteiger partial charge on any atom is -0.497 e. The first-order valence-corrected chi connectivity index (χ1v) is 6.23. The van der Waals surface area contributed by atoms with E-state index in [1.54, 1.807) is 14.2 Å². The summed E-state index contributed by atoms with van der Waals surface area (Å²) in [7, 11) is 3.28. The van der Waals surface area contributed by atoms with Gasteiger partial charge in [0.25, 0.3) is 0 Å². The average molecular weight is 253 g/mol. The van der Waals surface area contributed by atoms with Crippen LogP contribution >= 0.6 is 0 Å². The summed E-state index contributed by atoms with van der Waals surface area (Å²) in [5.41, 5.74) is 2.03. The van der Waals surface area contributed by atoms with Crippen molar-refractivity contribution in [3.63, 3.8) is 0 Å². The number of rotatable bonds is 7. The lowest BCUT2D eigenvalue weighted by Crippen LogP contribution is -2.17. The maximum Gasteiger partial charge on any atom is 0.145 e. The zero-order valence-corrected chi connectivity index (χ0v) is 11.6. The summed E-state index contributed by atoms with van der Waals surface area (Å²) in [5.74, 6) is 1.81. The molecule has 0 spiro atoms. The molecule has 0 saturated carbocycles. The summed E-state index contributed by atoms with van der Waals surface area (Å²) < 4.78 is 10.6. The molecule has 102 valence electrons. The Kier molecular flexibility index (Phi) is 5.78. The third kappa shape index (κ3) is 3.53. The van der Waals surface area contributed by atoms with Gasteiger partial charge in [-0.1, -0.05) is 6.92 Å². The smallest absolute Gasteiger partial charge is 0.145 e. The second-order valence-corrected chi connectivity index (χ2v) is 4.36. The zero-order valence-electron chi connectivity index (χ0n) is 11.6. The van der Waals surface area contributed by atoms with Gasteiger partial charge in [0.2, 0.25) is 0 Å². The monoisotopic (exact) mass is 253 g/mol. The van der Waals surface area contributed by atoms with Crippen LogP contribution in [-0.4, -0.2) is 32.5 Å². The van der Waals surface area contributed by atoms with Crippen molar-refractivity contribution < 1.29 is 14.6 Å². The maximum atomic E-state index is 9.19. The van der Waals surface area contributed by atoms with Gasteiger partial charge < -0.3 is 19.9 Å². The van der Waals surface area contributed by atoms with E-state index in [-0.39, 0.29) is 12.5 Å². The number of aryl methyl sites for hydroxylation is 1. The highest BCUT2D eigenvalue weighted by Crippen LogP contribution is 2.33. The van der Waals surface area contributed by atoms with Gasteiger partial charge in [0.05, 0.1) is 19.9 Å². The topological polar surface area (TPSA) is 50.7 Å². The predicted octanol–water partition coefficient (Wildman–Crippen LogP) is 2.44. The SMILES string of the molecule is CCC(CO)CNc1c(C)cc(OC)cc1OC. The molecular formula is C14H23NO3. The van der Waals surface area contributed by atoms with E-state index in [1.807, 2.05) is 19.1 Å². The molecule has 0 fully saturated rings. The fourth-order valence-corrected chi connectivity index (χ4v) is 1.81. The van der Waals surface area contributed by atoms with Crippen molar-refractivity contribution in [1.82, 2.24) is 0 Å². The third-order valence-electron chi connectivity index (χ3n) is 3.13. The predicted molar refractivity (Wildman–Crippen MR) is 73.6 cm³/mol. The van der Waals surface area contributed by atoms with Gasteiger partial charge in [-0.3, -0.25) is 0 Å². The Morgan fingerprint density at radius 3 is 2.50 bits per heavy atom. The summed E-state index contributed by atoms with van der Waals surface area (Å²) in [6.07, 6.45) is 0.945. The number of aliphatic hydroxyl groups excluding tert-OH is 1. The number of hydrogen-bond donors (Lipinski definition) is 2. The van der Waals surface area contributed by atoms with Crippen molar-refractivity contribution in [2.75, 3.05) is 32.7 Å². The van der Waals surface area contributed by atoms with Crippen molar-refractivity contribution in [1.29, 1.82) is 0 Å². The van der Waals surface area contributed by atoms with Crippen LogP contribution in [0.3, 0.4) is 0 Å². The number of ether oxygens (including phenoxy) is 2. The van der Waals surface area contributed by atoms with Crippen LogP contribution in [-0.2, 0) is 0 Å². The fraction of sp³-hybridized carbons (Fsp3) is 0.571. The number of methoxy groups -OCH3 is 2. The Hall–Kier alpha value is -1.42. The molecule has 1 unspecified atom stereocenters. The van der Waals surface area contributed by atoms with Gasteiger partial charge in [-0.25, -0.2) is 0 Å². The summed E-state index contributed by atoms with van der Waals surface area (Å²) in [6.45, 7) is 5.01. The van der Waals surface area contributed by atoms with E-state index in [1.165, 1.54) is 0 Å². The molecule has 2 N–H and O–H groups in total. The average Bonchev–Trinajstić information content (AvgIpc) is 2.40. The van der Waals surface area contributed by atoms with Gasteiger partial charge >= 0.3 is 0 Å². The molecule has 18 heavy (non-hydrogen) atoms. The molecule has 0 radical (unpaired) electrons. The van der Waals surface area contributed by atoms with E-state index in [9.17, 15) is 5.11 Å². The van der Waals surface area contributed by atoms with E-state index in [4.69, 9.17) is 9.47 Å². The van der Waals surface area contributed by atoms with Crippen LogP contribution in [0.4, 0.5) is 5.69 Å². The normalized spacial score (nSPS) is 12.1. The maximum absolute atomic E-state index is 9.19. The summed E-state index contributed by atoms with van der Waals surface area (Å²) in [6, 6.07) is 3.82. The highest BCUT2D eigenvalue weighted by Gasteiger charge is 2.11. The van der Waals surface area contributed by atoms with E-state index in [2.05, 4.69) is 12.2 Å². The molecule has 1 aromatic carbocycles. The fourth-order valence-electron chi connectivity index (χ4n) is 1.81. The molecule has 1 aromatic rings. The number of anilines is 1. The Balaban J connectivity index is 2.87. The van der Waals surface area contributed by atoms with Gasteiger partial charge in [-0.15, -0.1) is 0 Å². The van der Waals surface area contributed by atoms with Crippen LogP contribution in [0.15, 0.2) is 12.1 Å². The zero-order chi connectivity index (χ0) is 13.5.